The van der Waals surface area contributed by atoms with Crippen molar-refractivity contribution in [1.82, 2.24) is 4.90 Å². The molecule has 1 aliphatic rings. The first-order valence-electron chi connectivity index (χ1n) is 5.28. The lowest BCUT2D eigenvalue weighted by molar-refractivity contribution is -0.148. The average molecular weight is 219 g/mol. The Morgan fingerprint density at radius 3 is 2.50 bits per heavy atom. The molecule has 4 nitrogen and oxygen atoms in total. The number of hydrogen-bond donors (Lipinski definition) is 1. The number of nitrogens with zero attached hydrogens (tertiary/aromatic N) is 1. The van der Waals surface area contributed by atoms with Crippen molar-refractivity contribution >= 4 is 11.8 Å². The molecule has 84 valence electrons. The molecule has 0 bridgehead atoms. The van der Waals surface area contributed by atoms with Crippen molar-refractivity contribution in [3.8, 4) is 5.75 Å². The highest BCUT2D eigenvalue weighted by Crippen LogP contribution is 2.18. The number of amides is 2. The maximum atomic E-state index is 11.5. The third kappa shape index (κ3) is 2.21. The Morgan fingerprint density at radius 1 is 1.19 bits per heavy atom. The Bertz CT molecular complexity index is 412. The van der Waals surface area contributed by atoms with Crippen LogP contribution in [0.5, 0.6) is 5.75 Å². The van der Waals surface area contributed by atoms with Crippen molar-refractivity contribution in [3.05, 3.63) is 29.8 Å². The number of piperidine rings is 1. The van der Waals surface area contributed by atoms with E-state index in [9.17, 15) is 14.7 Å². The van der Waals surface area contributed by atoms with Gasteiger partial charge >= 0.3 is 0 Å². The van der Waals surface area contributed by atoms with Crippen LogP contribution in [0.25, 0.3) is 0 Å². The van der Waals surface area contributed by atoms with Crippen LogP contribution >= 0.6 is 0 Å². The number of rotatable bonds is 2. The zero-order valence-corrected chi connectivity index (χ0v) is 8.85. The second-order valence-electron chi connectivity index (χ2n) is 3.90. The van der Waals surface area contributed by atoms with Crippen LogP contribution in [-0.4, -0.2) is 21.8 Å². The first-order valence-corrected chi connectivity index (χ1v) is 5.28. The lowest BCUT2D eigenvalue weighted by Crippen LogP contribution is -2.39. The van der Waals surface area contributed by atoms with E-state index in [2.05, 4.69) is 0 Å². The van der Waals surface area contributed by atoms with Crippen LogP contribution in [0.3, 0.4) is 0 Å². The van der Waals surface area contributed by atoms with Gasteiger partial charge in [0.05, 0.1) is 6.54 Å². The Morgan fingerprint density at radius 2 is 1.88 bits per heavy atom. The number of benzene rings is 1. The molecule has 1 saturated heterocycles. The topological polar surface area (TPSA) is 57.6 Å². The molecule has 2 rings (SSSR count). The first kappa shape index (κ1) is 10.7. The van der Waals surface area contributed by atoms with Crippen molar-refractivity contribution in [3.63, 3.8) is 0 Å². The highest BCUT2D eigenvalue weighted by Gasteiger charge is 2.25. The maximum Gasteiger partial charge on any atom is 0.229 e. The summed E-state index contributed by atoms with van der Waals surface area (Å²) in [4.78, 5) is 24.3. The molecule has 1 fully saturated rings. The molecule has 1 aliphatic heterocycles. The monoisotopic (exact) mass is 219 g/mol. The number of likely N-dealkylation sites (tertiary alicyclic amines) is 1. The minimum Gasteiger partial charge on any atom is -0.508 e. The summed E-state index contributed by atoms with van der Waals surface area (Å²) in [6, 6.07) is 6.61. The second kappa shape index (κ2) is 4.35. The molecule has 0 atom stereocenters. The fraction of sp³-hybridized carbons (Fsp3) is 0.333. The zero-order chi connectivity index (χ0) is 11.5. The van der Waals surface area contributed by atoms with Crippen LogP contribution < -0.4 is 0 Å². The van der Waals surface area contributed by atoms with Crippen LogP contribution in [0, 0.1) is 0 Å². The molecule has 0 spiro atoms. The Hall–Kier alpha value is -1.84. The molecule has 0 aromatic heterocycles. The van der Waals surface area contributed by atoms with Gasteiger partial charge in [0.15, 0.2) is 0 Å². The predicted molar refractivity (Wildman–Crippen MR) is 57.5 cm³/mol. The second-order valence-corrected chi connectivity index (χ2v) is 3.90. The summed E-state index contributed by atoms with van der Waals surface area (Å²) >= 11 is 0. The van der Waals surface area contributed by atoms with Gasteiger partial charge in [-0.25, -0.2) is 0 Å². The molecule has 1 N–H and O–H groups in total. The molecular formula is C12H13NO3. The molecule has 1 aromatic rings. The molecule has 0 unspecified atom stereocenters. The minimum atomic E-state index is -0.125. The van der Waals surface area contributed by atoms with Crippen molar-refractivity contribution in [2.24, 2.45) is 0 Å². The summed E-state index contributed by atoms with van der Waals surface area (Å²) in [7, 11) is 0. The van der Waals surface area contributed by atoms with Crippen LogP contribution in [0.2, 0.25) is 0 Å². The third-order valence-corrected chi connectivity index (χ3v) is 2.63. The van der Waals surface area contributed by atoms with Gasteiger partial charge in [0, 0.05) is 12.8 Å². The smallest absolute Gasteiger partial charge is 0.229 e. The lowest BCUT2D eigenvalue weighted by Gasteiger charge is -2.24. The number of carbonyl (C=O) groups excluding carboxylic acids is 2. The number of aromatic hydroxyl groups is 1. The van der Waals surface area contributed by atoms with Gasteiger partial charge in [-0.15, -0.1) is 0 Å². The standard InChI is InChI=1S/C12H13NO3/c14-10-4-1-3-9(7-10)8-13-11(15)5-2-6-12(13)16/h1,3-4,7,14H,2,5-6,8H2. The van der Waals surface area contributed by atoms with Crippen molar-refractivity contribution < 1.29 is 14.7 Å². The fourth-order valence-corrected chi connectivity index (χ4v) is 1.81. The highest BCUT2D eigenvalue weighted by atomic mass is 16.3. The largest absolute Gasteiger partial charge is 0.508 e. The number of phenols is 1. The van der Waals surface area contributed by atoms with Crippen LogP contribution in [0.15, 0.2) is 24.3 Å². The molecule has 0 radical (unpaired) electrons. The summed E-state index contributed by atoms with van der Waals surface area (Å²) in [5, 5.41) is 9.29. The SMILES string of the molecule is O=C1CCCC(=O)N1Cc1cccc(O)c1. The summed E-state index contributed by atoms with van der Waals surface area (Å²) in [5.41, 5.74) is 0.767. The lowest BCUT2D eigenvalue weighted by atomic mass is 10.1. The number of carbonyl (C=O) groups is 2. The van der Waals surface area contributed by atoms with Gasteiger partial charge in [-0.1, -0.05) is 12.1 Å². The van der Waals surface area contributed by atoms with E-state index in [1.54, 1.807) is 24.3 Å². The van der Waals surface area contributed by atoms with E-state index in [4.69, 9.17) is 0 Å². The summed E-state index contributed by atoms with van der Waals surface area (Å²) in [6.07, 6.45) is 1.52. The van der Waals surface area contributed by atoms with Crippen molar-refractivity contribution in [2.75, 3.05) is 0 Å². The predicted octanol–water partition coefficient (Wildman–Crippen LogP) is 1.43. The van der Waals surface area contributed by atoms with E-state index in [-0.39, 0.29) is 24.1 Å². The molecular weight excluding hydrogens is 206 g/mol. The number of hydrogen-bond acceptors (Lipinski definition) is 3. The van der Waals surface area contributed by atoms with Gasteiger partial charge in [0.25, 0.3) is 0 Å². The Labute approximate surface area is 93.5 Å². The maximum absolute atomic E-state index is 11.5. The van der Waals surface area contributed by atoms with Gasteiger partial charge in [-0.2, -0.15) is 0 Å². The molecule has 2 amide bonds. The number of imide groups is 1. The van der Waals surface area contributed by atoms with Crippen LogP contribution in [0.4, 0.5) is 0 Å². The normalized spacial score (nSPS) is 16.6. The Balaban J connectivity index is 2.13. The highest BCUT2D eigenvalue weighted by molar-refractivity contribution is 5.97. The molecule has 1 aromatic carbocycles. The van der Waals surface area contributed by atoms with E-state index < -0.39 is 0 Å². The van der Waals surface area contributed by atoms with E-state index in [0.29, 0.717) is 19.3 Å². The summed E-state index contributed by atoms with van der Waals surface area (Å²) in [5.74, 6) is -0.103. The third-order valence-electron chi connectivity index (χ3n) is 2.63. The average Bonchev–Trinajstić information content (AvgIpc) is 2.24. The molecule has 1 heterocycles. The van der Waals surface area contributed by atoms with Gasteiger partial charge < -0.3 is 5.11 Å². The fourth-order valence-electron chi connectivity index (χ4n) is 1.81. The molecule has 0 saturated carbocycles. The van der Waals surface area contributed by atoms with E-state index in [1.807, 2.05) is 0 Å². The van der Waals surface area contributed by atoms with Crippen molar-refractivity contribution in [2.45, 2.75) is 25.8 Å². The van der Waals surface area contributed by atoms with Gasteiger partial charge in [-0.3, -0.25) is 14.5 Å². The van der Waals surface area contributed by atoms with Crippen LogP contribution in [-0.2, 0) is 16.1 Å². The van der Waals surface area contributed by atoms with Gasteiger partial charge in [0.1, 0.15) is 5.75 Å². The molecule has 4 heteroatoms. The van der Waals surface area contributed by atoms with Crippen LogP contribution in [0.1, 0.15) is 24.8 Å². The van der Waals surface area contributed by atoms with Crippen molar-refractivity contribution in [1.29, 1.82) is 0 Å². The first-order chi connectivity index (χ1) is 7.66. The van der Waals surface area contributed by atoms with E-state index >= 15 is 0 Å². The van der Waals surface area contributed by atoms with E-state index in [0.717, 1.165) is 5.56 Å². The minimum absolute atomic E-state index is 0.125. The Kier molecular flexibility index (Phi) is 2.90. The van der Waals surface area contributed by atoms with Gasteiger partial charge in [0.2, 0.25) is 11.8 Å². The molecule has 16 heavy (non-hydrogen) atoms. The quantitative estimate of drug-likeness (QED) is 0.765. The zero-order valence-electron chi connectivity index (χ0n) is 8.85. The molecule has 0 aliphatic carbocycles. The summed E-state index contributed by atoms with van der Waals surface area (Å²) in [6.45, 7) is 0.256. The number of phenolic OH excluding ortho intramolecular Hbond substituents is 1. The van der Waals surface area contributed by atoms with Gasteiger partial charge in [-0.05, 0) is 24.1 Å². The summed E-state index contributed by atoms with van der Waals surface area (Å²) < 4.78 is 0. The van der Waals surface area contributed by atoms with E-state index in [1.165, 1.54) is 4.90 Å².